The molecule has 3 aromatic rings. The highest BCUT2D eigenvalue weighted by molar-refractivity contribution is 6.74. The van der Waals surface area contributed by atoms with Crippen molar-refractivity contribution in [3.8, 4) is 28.4 Å². The molecule has 11 heteroatoms. The van der Waals surface area contributed by atoms with Crippen molar-refractivity contribution in [2.24, 2.45) is 0 Å². The largest absolute Gasteiger partial charge is 0.493 e. The number of hydrogen-bond acceptors (Lipinski definition) is 8. The Kier molecular flexibility index (Phi) is 9.22. The smallest absolute Gasteiger partial charge is 0.432 e. The second-order valence-corrected chi connectivity index (χ2v) is 15.8. The number of aromatic nitrogens is 3. The van der Waals surface area contributed by atoms with E-state index in [4.69, 9.17) is 35.1 Å². The van der Waals surface area contributed by atoms with Crippen molar-refractivity contribution < 1.29 is 23.3 Å². The van der Waals surface area contributed by atoms with Crippen molar-refractivity contribution in [2.75, 3.05) is 20.3 Å². The van der Waals surface area contributed by atoms with Crippen LogP contribution in [0.2, 0.25) is 23.3 Å². The average molecular weight is 561 g/mol. The van der Waals surface area contributed by atoms with Gasteiger partial charge in [-0.1, -0.05) is 49.7 Å². The summed E-state index contributed by atoms with van der Waals surface area (Å²) in [5.41, 5.74) is 3.75. The van der Waals surface area contributed by atoms with Gasteiger partial charge in [-0.15, -0.1) is 0 Å². The normalized spacial score (nSPS) is 11.9. The lowest BCUT2D eigenvalue weighted by atomic mass is 10.1. The molecule has 2 heterocycles. The zero-order chi connectivity index (χ0) is 28.3. The zero-order valence-corrected chi connectivity index (χ0v) is 25.4. The number of benzene rings is 1. The Morgan fingerprint density at radius 3 is 2.47 bits per heavy atom. The maximum Gasteiger partial charge on any atom is 0.432 e. The lowest BCUT2D eigenvalue weighted by Gasteiger charge is -2.37. The van der Waals surface area contributed by atoms with E-state index in [2.05, 4.69) is 44.0 Å². The minimum absolute atomic E-state index is 0.0191. The van der Waals surface area contributed by atoms with Gasteiger partial charge in [-0.2, -0.15) is 0 Å². The summed E-state index contributed by atoms with van der Waals surface area (Å²) < 4.78 is 22.5. The molecule has 0 bridgehead atoms. The first-order valence-electron chi connectivity index (χ1n) is 12.5. The summed E-state index contributed by atoms with van der Waals surface area (Å²) in [6, 6.07) is 7.46. The van der Waals surface area contributed by atoms with Crippen molar-refractivity contribution in [2.45, 2.75) is 66.1 Å². The second kappa shape index (κ2) is 11.8. The van der Waals surface area contributed by atoms with Gasteiger partial charge in [-0.25, -0.2) is 19.8 Å². The Morgan fingerprint density at radius 2 is 1.84 bits per heavy atom. The van der Waals surface area contributed by atoms with Crippen molar-refractivity contribution in [3.63, 3.8) is 0 Å². The number of amides is 1. The Bertz CT molecular complexity index is 1270. The van der Waals surface area contributed by atoms with E-state index in [-0.39, 0.29) is 11.6 Å². The molecule has 0 saturated carbocycles. The van der Waals surface area contributed by atoms with Crippen LogP contribution < -0.4 is 4.74 Å². The zero-order valence-electron chi connectivity index (χ0n) is 23.6. The molecule has 1 amide bonds. The highest BCUT2D eigenvalue weighted by Gasteiger charge is 2.40. The molecule has 0 radical (unpaired) electrons. The van der Waals surface area contributed by atoms with Gasteiger partial charge in [-0.05, 0) is 51.0 Å². The van der Waals surface area contributed by atoms with Gasteiger partial charge in [0.2, 0.25) is 8.32 Å². The van der Waals surface area contributed by atoms with Crippen LogP contribution in [0.5, 0.6) is 5.75 Å². The molecule has 0 saturated heterocycles. The van der Waals surface area contributed by atoms with Crippen LogP contribution in [-0.2, 0) is 9.26 Å². The Labute approximate surface area is 230 Å². The quantitative estimate of drug-likeness (QED) is 0.118. The molecule has 0 spiro atoms. The molecule has 0 aliphatic rings. The van der Waals surface area contributed by atoms with Crippen molar-refractivity contribution in [1.82, 2.24) is 20.2 Å². The van der Waals surface area contributed by atoms with Crippen LogP contribution >= 0.6 is 11.6 Å². The van der Waals surface area contributed by atoms with Gasteiger partial charge in [0, 0.05) is 24.6 Å². The fourth-order valence-electron chi connectivity index (χ4n) is 3.42. The van der Waals surface area contributed by atoms with Crippen molar-refractivity contribution >= 4 is 26.0 Å². The van der Waals surface area contributed by atoms with E-state index in [0.29, 0.717) is 41.2 Å². The second-order valence-electron chi connectivity index (χ2n) is 10.7. The molecule has 0 aliphatic carbocycles. The summed E-state index contributed by atoms with van der Waals surface area (Å²) in [6.07, 6.45) is 0.00627. The van der Waals surface area contributed by atoms with E-state index in [1.807, 2.05) is 45.0 Å². The monoisotopic (exact) mass is 560 g/mol. The standard InChI is InChI=1S/C27H37ClN4O5Si/c1-17-23(22-18(2)31-36-19(22)3)29-25(30-24(17)28)20-12-10-13-21(16-20)34-14-11-15-35-26(33)32(7)37-38(8,9)27(4,5)6/h10,12-13,16H,11,14-15H2,1-9H3. The molecule has 0 aliphatic heterocycles. The highest BCUT2D eigenvalue weighted by Crippen LogP contribution is 2.37. The van der Waals surface area contributed by atoms with Crippen LogP contribution in [-0.4, -0.2) is 54.9 Å². The third-order valence-electron chi connectivity index (χ3n) is 6.66. The lowest BCUT2D eigenvalue weighted by Crippen LogP contribution is -2.47. The van der Waals surface area contributed by atoms with Gasteiger partial charge in [0.05, 0.1) is 30.2 Å². The first-order chi connectivity index (χ1) is 17.7. The molecule has 1 aromatic carbocycles. The molecule has 0 N–H and O–H groups in total. The maximum atomic E-state index is 12.3. The van der Waals surface area contributed by atoms with E-state index in [1.54, 1.807) is 7.05 Å². The molecule has 0 fully saturated rings. The minimum Gasteiger partial charge on any atom is -0.493 e. The SMILES string of the molecule is Cc1noc(C)c1-c1nc(-c2cccc(OCCCOC(=O)N(C)O[Si](C)(C)C(C)(C)C)c2)nc(Cl)c1C. The third kappa shape index (κ3) is 6.92. The number of nitrogens with zero attached hydrogens (tertiary/aromatic N) is 4. The van der Waals surface area contributed by atoms with Gasteiger partial charge in [0.1, 0.15) is 16.7 Å². The minimum atomic E-state index is -2.12. The van der Waals surface area contributed by atoms with Gasteiger partial charge < -0.3 is 18.5 Å². The van der Waals surface area contributed by atoms with E-state index < -0.39 is 14.4 Å². The molecule has 0 atom stereocenters. The predicted octanol–water partition coefficient (Wildman–Crippen LogP) is 7.15. The Morgan fingerprint density at radius 1 is 1.13 bits per heavy atom. The fraction of sp³-hybridized carbons (Fsp3) is 0.481. The summed E-state index contributed by atoms with van der Waals surface area (Å²) in [4.78, 5) is 21.6. The average Bonchev–Trinajstić information content (AvgIpc) is 3.17. The van der Waals surface area contributed by atoms with Gasteiger partial charge in [0.15, 0.2) is 5.82 Å². The molecular weight excluding hydrogens is 524 g/mol. The van der Waals surface area contributed by atoms with Gasteiger partial charge in [0.25, 0.3) is 0 Å². The van der Waals surface area contributed by atoms with E-state index in [1.165, 1.54) is 5.06 Å². The number of rotatable bonds is 9. The summed E-state index contributed by atoms with van der Waals surface area (Å²) in [5.74, 6) is 1.79. The predicted molar refractivity (Wildman–Crippen MR) is 150 cm³/mol. The molecule has 3 rings (SSSR count). The highest BCUT2D eigenvalue weighted by atomic mass is 35.5. The Balaban J connectivity index is 1.59. The third-order valence-corrected chi connectivity index (χ3v) is 11.4. The van der Waals surface area contributed by atoms with E-state index in [0.717, 1.165) is 22.4 Å². The van der Waals surface area contributed by atoms with Gasteiger partial charge >= 0.3 is 6.09 Å². The molecule has 9 nitrogen and oxygen atoms in total. The fourth-order valence-corrected chi connectivity index (χ4v) is 4.63. The Hall–Kier alpha value is -2.95. The van der Waals surface area contributed by atoms with Crippen molar-refractivity contribution in [1.29, 1.82) is 0 Å². The molecule has 2 aromatic heterocycles. The number of carbonyl (C=O) groups excluding carboxylic acids is 1. The van der Waals surface area contributed by atoms with Crippen LogP contribution in [0.4, 0.5) is 4.79 Å². The number of aryl methyl sites for hydroxylation is 2. The van der Waals surface area contributed by atoms with Crippen molar-refractivity contribution in [3.05, 3.63) is 46.4 Å². The number of halogens is 1. The number of hydroxylamine groups is 2. The number of ether oxygens (including phenoxy) is 2. The van der Waals surface area contributed by atoms with Crippen LogP contribution in [0.1, 0.15) is 44.2 Å². The van der Waals surface area contributed by atoms with Gasteiger partial charge in [-0.3, -0.25) is 0 Å². The summed E-state index contributed by atoms with van der Waals surface area (Å²) >= 11 is 6.47. The molecule has 0 unspecified atom stereocenters. The summed E-state index contributed by atoms with van der Waals surface area (Å²) in [6.45, 7) is 16.6. The van der Waals surface area contributed by atoms with Crippen LogP contribution in [0.15, 0.2) is 28.8 Å². The molecule has 206 valence electrons. The molecular formula is C27H37ClN4O5Si. The first kappa shape index (κ1) is 29.6. The maximum absolute atomic E-state index is 12.3. The first-order valence-corrected chi connectivity index (χ1v) is 15.8. The topological polar surface area (TPSA) is 99.8 Å². The van der Waals surface area contributed by atoms with Crippen LogP contribution in [0.25, 0.3) is 22.6 Å². The number of carbonyl (C=O) groups is 1. The van der Waals surface area contributed by atoms with Crippen LogP contribution in [0, 0.1) is 20.8 Å². The summed E-state index contributed by atoms with van der Waals surface area (Å²) in [7, 11) is -0.536. The van der Waals surface area contributed by atoms with E-state index >= 15 is 0 Å². The molecule has 38 heavy (non-hydrogen) atoms. The van der Waals surface area contributed by atoms with Crippen LogP contribution in [0.3, 0.4) is 0 Å². The number of hydrogen-bond donors (Lipinski definition) is 0. The lowest BCUT2D eigenvalue weighted by molar-refractivity contribution is -0.0404. The summed E-state index contributed by atoms with van der Waals surface area (Å²) in [5, 5.41) is 5.58. The van der Waals surface area contributed by atoms with E-state index in [9.17, 15) is 4.79 Å².